The maximum atomic E-state index is 5.34. The summed E-state index contributed by atoms with van der Waals surface area (Å²) < 4.78 is 10.1. The first-order chi connectivity index (χ1) is 64.4. The zero-order valence-electron chi connectivity index (χ0n) is 70.3. The minimum atomic E-state index is 0.608. The van der Waals surface area contributed by atoms with Gasteiger partial charge in [0.1, 0.15) is 0 Å². The Hall–Kier alpha value is -16.8. The van der Waals surface area contributed by atoms with Crippen LogP contribution in [0.4, 0.5) is 0 Å². The van der Waals surface area contributed by atoms with Crippen molar-refractivity contribution in [3.05, 3.63) is 461 Å². The molecule has 608 valence electrons. The molecule has 8 nitrogen and oxygen atoms in total. The van der Waals surface area contributed by atoms with Crippen LogP contribution in [0, 0.1) is 0 Å². The zero-order chi connectivity index (χ0) is 86.0. The normalized spacial score (nSPS) is 11.5. The third-order valence-corrected chi connectivity index (χ3v) is 27.4. The van der Waals surface area contributed by atoms with Crippen LogP contribution in [0.25, 0.3) is 242 Å². The van der Waals surface area contributed by atoms with E-state index in [4.69, 9.17) is 29.9 Å². The van der Waals surface area contributed by atoms with Crippen LogP contribution in [-0.2, 0) is 0 Å². The summed E-state index contributed by atoms with van der Waals surface area (Å²) in [6, 6.07) is 164. The molecule has 0 amide bonds. The van der Waals surface area contributed by atoms with Crippen LogP contribution in [0.2, 0.25) is 0 Å². The smallest absolute Gasteiger partial charge is 0.164 e. The molecule has 10 heteroatoms. The van der Waals surface area contributed by atoms with Gasteiger partial charge in [0.2, 0.25) is 0 Å². The molecule has 0 saturated heterocycles. The van der Waals surface area contributed by atoms with Crippen LogP contribution in [0.5, 0.6) is 0 Å². The number of benzene rings is 19. The Morgan fingerprint density at radius 2 is 0.431 bits per heavy atom. The van der Waals surface area contributed by atoms with Gasteiger partial charge in [-0.1, -0.05) is 370 Å². The number of hydrogen-bond donors (Lipinski definition) is 0. The van der Waals surface area contributed by atoms with E-state index >= 15 is 0 Å². The van der Waals surface area contributed by atoms with Crippen LogP contribution in [0.3, 0.4) is 0 Å². The van der Waals surface area contributed by atoms with Gasteiger partial charge in [-0.15, -0.1) is 22.7 Å². The van der Waals surface area contributed by atoms with E-state index in [0.717, 1.165) is 111 Å². The maximum absolute atomic E-state index is 5.34. The monoisotopic (exact) mass is 1690 g/mol. The minimum Gasteiger partial charge on any atom is -0.309 e. The summed E-state index contributed by atoms with van der Waals surface area (Å²) in [5.41, 5.74) is 28.2. The standard InChI is InChI=1S/C63H40N4S.C57H36N4S/c1-4-17-41(18-5-1)44-23-14-24-45(37-44)46-25-15-26-48(38-46)62-64-61(43-21-8-3-9-22-43)65-63(66-62)55-36-34-49(40-56(55)42-19-6-2-7-20-42)67-57-31-12-10-27-51(57)52-35-33-47(39-58(52)67)50-29-16-30-54-53-28-11-13-32-59(53)68-60(50)54;1-4-16-37(17-5-1)40-22-14-23-42(34-40)56-58-55(39-20-8-3-9-21-39)59-57(60-56)49-33-31-43(36-50(49)38-18-6-2-7-19-38)61-51-28-12-10-24-45(51)46-32-30-41(35-52(46)61)44-26-15-27-48-47-25-11-13-29-53(47)62-54(44)48/h1-40H;1-36H. The summed E-state index contributed by atoms with van der Waals surface area (Å²) in [4.78, 5) is 31.4. The number of aromatic nitrogens is 8. The molecule has 25 rings (SSSR count). The van der Waals surface area contributed by atoms with Crippen LogP contribution in [0.15, 0.2) is 461 Å². The number of thiophene rings is 2. The van der Waals surface area contributed by atoms with Gasteiger partial charge in [0, 0.05) is 107 Å². The molecule has 19 aromatic carbocycles. The highest BCUT2D eigenvalue weighted by Crippen LogP contribution is 2.47. The number of hydrogen-bond acceptors (Lipinski definition) is 8. The first-order valence-corrected chi connectivity index (χ1v) is 45.4. The van der Waals surface area contributed by atoms with Gasteiger partial charge in [-0.25, -0.2) is 29.9 Å². The van der Waals surface area contributed by atoms with Gasteiger partial charge in [0.05, 0.1) is 22.1 Å². The van der Waals surface area contributed by atoms with Crippen molar-refractivity contribution in [3.63, 3.8) is 0 Å². The Labute approximate surface area is 758 Å². The highest BCUT2D eigenvalue weighted by atomic mass is 32.1. The molecule has 0 N–H and O–H groups in total. The number of fused-ring (bicyclic) bond motifs is 12. The fourth-order valence-electron chi connectivity index (χ4n) is 18.7. The van der Waals surface area contributed by atoms with E-state index in [-0.39, 0.29) is 0 Å². The summed E-state index contributed by atoms with van der Waals surface area (Å²) in [5.74, 6) is 3.71. The van der Waals surface area contributed by atoms with Crippen molar-refractivity contribution < 1.29 is 0 Å². The summed E-state index contributed by atoms with van der Waals surface area (Å²) in [7, 11) is 0. The van der Waals surface area contributed by atoms with E-state index in [1.807, 2.05) is 65.1 Å². The molecular weight excluding hydrogens is 1620 g/mol. The lowest BCUT2D eigenvalue weighted by molar-refractivity contribution is 1.07. The second-order valence-electron chi connectivity index (χ2n) is 32.7. The van der Waals surface area contributed by atoms with Crippen molar-refractivity contribution >= 4 is 107 Å². The van der Waals surface area contributed by atoms with Crippen LogP contribution >= 0.6 is 22.7 Å². The SMILES string of the molecule is c1ccc(-c2cccc(-c3cccc(-c4nc(-c5ccccc5)nc(-c5ccc(-n6c7ccccc7c7ccc(-c8cccc9c8sc8ccccc89)cc76)cc5-c5ccccc5)n4)c3)c2)cc1.c1ccc(-c2cccc(-c3nc(-c4ccccc4)nc(-c4ccc(-n5c6ccccc6c6ccc(-c7cccc8c7sc7ccccc78)cc65)cc4-c4ccccc4)n3)c2)cc1. The molecule has 0 radical (unpaired) electrons. The quantitative estimate of drug-likeness (QED) is 0.102. The van der Waals surface area contributed by atoms with Gasteiger partial charge in [0.15, 0.2) is 34.9 Å². The number of rotatable bonds is 15. The first-order valence-electron chi connectivity index (χ1n) is 43.8. The Morgan fingerprint density at radius 1 is 0.146 bits per heavy atom. The summed E-state index contributed by atoms with van der Waals surface area (Å²) in [6.07, 6.45) is 0. The van der Waals surface area contributed by atoms with Crippen molar-refractivity contribution in [3.8, 4) is 158 Å². The van der Waals surface area contributed by atoms with Crippen LogP contribution in [0.1, 0.15) is 0 Å². The number of para-hydroxylation sites is 2. The molecule has 0 atom stereocenters. The second kappa shape index (κ2) is 33.0. The lowest BCUT2D eigenvalue weighted by Crippen LogP contribution is -2.02. The summed E-state index contributed by atoms with van der Waals surface area (Å²) >= 11 is 3.74. The van der Waals surface area contributed by atoms with Gasteiger partial charge >= 0.3 is 0 Å². The highest BCUT2D eigenvalue weighted by Gasteiger charge is 2.25. The minimum absolute atomic E-state index is 0.608. The van der Waals surface area contributed by atoms with Crippen molar-refractivity contribution in [1.29, 1.82) is 0 Å². The van der Waals surface area contributed by atoms with Crippen molar-refractivity contribution in [2.75, 3.05) is 0 Å². The van der Waals surface area contributed by atoms with E-state index in [1.54, 1.807) is 0 Å². The van der Waals surface area contributed by atoms with Gasteiger partial charge in [-0.3, -0.25) is 0 Å². The molecule has 0 spiro atoms. The molecule has 0 aliphatic rings. The molecular formula is C120H76N8S2. The number of nitrogens with zero attached hydrogens (tertiary/aromatic N) is 8. The van der Waals surface area contributed by atoms with Gasteiger partial charge in [-0.2, -0.15) is 0 Å². The average molecular weight is 1690 g/mol. The predicted octanol–water partition coefficient (Wildman–Crippen LogP) is 32.3. The van der Waals surface area contributed by atoms with Gasteiger partial charge in [-0.05, 0) is 169 Å². The van der Waals surface area contributed by atoms with Gasteiger partial charge in [0.25, 0.3) is 0 Å². The molecule has 130 heavy (non-hydrogen) atoms. The molecule has 0 saturated carbocycles. The fraction of sp³-hybridized carbons (Fsp3) is 0. The molecule has 6 heterocycles. The van der Waals surface area contributed by atoms with Gasteiger partial charge < -0.3 is 9.13 Å². The molecule has 0 aliphatic carbocycles. The Kier molecular flexibility index (Phi) is 19.5. The van der Waals surface area contributed by atoms with E-state index in [1.165, 1.54) is 95.3 Å². The summed E-state index contributed by atoms with van der Waals surface area (Å²) in [5, 5.41) is 10.1. The lowest BCUT2D eigenvalue weighted by Gasteiger charge is -2.16. The molecule has 25 aromatic rings. The average Bonchev–Trinajstić information content (AvgIpc) is 1.58. The molecule has 0 bridgehead atoms. The Morgan fingerprint density at radius 3 is 0.831 bits per heavy atom. The van der Waals surface area contributed by atoms with E-state index in [9.17, 15) is 0 Å². The highest BCUT2D eigenvalue weighted by molar-refractivity contribution is 7.26. The molecule has 0 fully saturated rings. The van der Waals surface area contributed by atoms with E-state index < -0.39 is 0 Å². The third kappa shape index (κ3) is 14.1. The fourth-order valence-corrected chi connectivity index (χ4v) is 21.2. The predicted molar refractivity (Wildman–Crippen MR) is 545 cm³/mol. The van der Waals surface area contributed by atoms with Crippen molar-refractivity contribution in [1.82, 2.24) is 39.0 Å². The lowest BCUT2D eigenvalue weighted by atomic mass is 9.97. The zero-order valence-corrected chi connectivity index (χ0v) is 71.9. The van der Waals surface area contributed by atoms with E-state index in [0.29, 0.717) is 34.9 Å². The Bertz CT molecular complexity index is 8660. The third-order valence-electron chi connectivity index (χ3n) is 24.9. The van der Waals surface area contributed by atoms with E-state index in [2.05, 4.69) is 428 Å². The van der Waals surface area contributed by atoms with Crippen LogP contribution < -0.4 is 0 Å². The molecule has 6 aromatic heterocycles. The second-order valence-corrected chi connectivity index (χ2v) is 34.8. The molecule has 0 aliphatic heterocycles. The topological polar surface area (TPSA) is 87.2 Å². The first kappa shape index (κ1) is 76.9. The largest absolute Gasteiger partial charge is 0.309 e. The molecule has 0 unspecified atom stereocenters. The maximum Gasteiger partial charge on any atom is 0.164 e. The summed E-state index contributed by atoms with van der Waals surface area (Å²) in [6.45, 7) is 0. The Balaban J connectivity index is 0.000000145. The van der Waals surface area contributed by atoms with Crippen molar-refractivity contribution in [2.45, 2.75) is 0 Å². The van der Waals surface area contributed by atoms with Crippen molar-refractivity contribution in [2.24, 2.45) is 0 Å². The van der Waals surface area contributed by atoms with Crippen LogP contribution in [-0.4, -0.2) is 39.0 Å².